The lowest BCUT2D eigenvalue weighted by molar-refractivity contribution is -0.174. The minimum atomic E-state index is -2.46. The van der Waals surface area contributed by atoms with Gasteiger partial charge in [0.1, 0.15) is 5.60 Å². The number of hydrogen-bond donors (Lipinski definition) is 3. The molecule has 0 saturated carbocycles. The van der Waals surface area contributed by atoms with Gasteiger partial charge in [0.15, 0.2) is 8.32 Å². The molecule has 2 heterocycles. The van der Waals surface area contributed by atoms with Crippen LogP contribution in [0.25, 0.3) is 0 Å². The number of nitrogens with zero attached hydrogens (tertiary/aromatic N) is 1. The summed E-state index contributed by atoms with van der Waals surface area (Å²) < 4.78 is 13.9. The molecule has 0 amide bonds. The van der Waals surface area contributed by atoms with Crippen molar-refractivity contribution in [2.24, 2.45) is 0 Å². The summed E-state index contributed by atoms with van der Waals surface area (Å²) in [4.78, 5) is 41.2. The predicted molar refractivity (Wildman–Crippen MR) is 129 cm³/mol. The van der Waals surface area contributed by atoms with Crippen LogP contribution in [0.5, 0.6) is 0 Å². The van der Waals surface area contributed by atoms with Gasteiger partial charge in [0.2, 0.25) is 11.5 Å². The molecule has 1 fully saturated rings. The summed E-state index contributed by atoms with van der Waals surface area (Å²) in [7, 11) is -2.46. The Morgan fingerprint density at radius 1 is 1.21 bits per heavy atom. The van der Waals surface area contributed by atoms with Crippen LogP contribution < -0.4 is 11.2 Å². The number of Topliss-reactive ketones (excluding diaryl/α,β-unsaturated/α-hetero) is 1. The molecule has 2 atom stereocenters. The van der Waals surface area contributed by atoms with Crippen LogP contribution >= 0.6 is 0 Å². The first kappa shape index (κ1) is 26.2. The molecule has 2 aromatic rings. The van der Waals surface area contributed by atoms with E-state index in [0.29, 0.717) is 0 Å². The summed E-state index contributed by atoms with van der Waals surface area (Å²) in [6.07, 6.45) is 0.242. The Balaban J connectivity index is 2.26. The van der Waals surface area contributed by atoms with Crippen molar-refractivity contribution >= 4 is 14.1 Å². The number of benzene rings is 1. The van der Waals surface area contributed by atoms with E-state index in [-0.39, 0.29) is 22.6 Å². The van der Waals surface area contributed by atoms with Crippen molar-refractivity contribution in [3.8, 4) is 0 Å². The number of carbonyl (C=O) groups excluding carboxylic acids is 1. The molecule has 0 bridgehead atoms. The van der Waals surface area contributed by atoms with Gasteiger partial charge in [-0.15, -0.1) is 0 Å². The Morgan fingerprint density at radius 3 is 2.32 bits per heavy atom. The molecule has 0 radical (unpaired) electrons. The zero-order valence-electron chi connectivity index (χ0n) is 20.5. The Hall–Kier alpha value is -2.37. The van der Waals surface area contributed by atoms with E-state index < -0.39 is 56.0 Å². The Bertz CT molecular complexity index is 1160. The van der Waals surface area contributed by atoms with E-state index in [1.807, 2.05) is 33.9 Å². The second kappa shape index (κ2) is 9.01. The first-order chi connectivity index (χ1) is 15.7. The fourth-order valence-corrected chi connectivity index (χ4v) is 5.29. The number of carbonyl (C=O) groups is 1. The molecule has 34 heavy (non-hydrogen) atoms. The third-order valence-electron chi connectivity index (χ3n) is 7.10. The van der Waals surface area contributed by atoms with Crippen molar-refractivity contribution in [1.82, 2.24) is 9.55 Å². The van der Waals surface area contributed by atoms with Crippen molar-refractivity contribution < 1.29 is 24.2 Å². The monoisotopic (exact) mass is 490 g/mol. The van der Waals surface area contributed by atoms with Gasteiger partial charge in [-0.05, 0) is 25.1 Å². The molecule has 0 aliphatic carbocycles. The minimum absolute atomic E-state index is 0.139. The fraction of sp³-hybridized carbons (Fsp3) is 0.542. The van der Waals surface area contributed by atoms with E-state index in [1.54, 1.807) is 30.3 Å². The number of hydrogen-bond acceptors (Lipinski definition) is 7. The molecule has 3 N–H and O–H groups in total. The number of nitrogens with one attached hydrogen (secondary N) is 1. The van der Waals surface area contributed by atoms with Crippen molar-refractivity contribution in [3.05, 3.63) is 68.5 Å². The van der Waals surface area contributed by atoms with Gasteiger partial charge in [-0.1, -0.05) is 51.1 Å². The summed E-state index contributed by atoms with van der Waals surface area (Å²) in [6, 6.07) is 8.32. The lowest BCUT2D eigenvalue weighted by atomic mass is 9.93. The van der Waals surface area contributed by atoms with Crippen LogP contribution in [0.1, 0.15) is 43.1 Å². The standard InChI is InChI=1S/C24H34N2O7Si/c1-16-13-26(21(31)25-20(16)30)24(19(29)17-10-8-7-9-11-17)12-18(23(14-27,15-28)33-24)32-34(5,6)22(2,3)4/h7-11,13,18,27-28H,12,14-15H2,1-6H3,(H,25,30,31)/t18-,24-/m0/s1. The van der Waals surface area contributed by atoms with Gasteiger partial charge in [-0.2, -0.15) is 0 Å². The van der Waals surface area contributed by atoms with Gasteiger partial charge in [0.05, 0.1) is 19.3 Å². The third kappa shape index (κ3) is 4.36. The average Bonchev–Trinajstić information content (AvgIpc) is 3.10. The van der Waals surface area contributed by atoms with Crippen molar-refractivity contribution in [1.29, 1.82) is 0 Å². The van der Waals surface area contributed by atoms with Gasteiger partial charge in [-0.25, -0.2) is 4.79 Å². The molecule has 1 aliphatic rings. The van der Waals surface area contributed by atoms with Crippen LogP contribution in [0.15, 0.2) is 46.1 Å². The quantitative estimate of drug-likeness (QED) is 0.399. The second-order valence-electron chi connectivity index (χ2n) is 10.5. The first-order valence-corrected chi connectivity index (χ1v) is 14.2. The summed E-state index contributed by atoms with van der Waals surface area (Å²) in [5.41, 5.74) is -4.54. The molecule has 0 unspecified atom stereocenters. The molecule has 3 rings (SSSR count). The number of H-pyrrole nitrogens is 1. The van der Waals surface area contributed by atoms with Crippen molar-refractivity contribution in [2.45, 2.75) is 69.7 Å². The predicted octanol–water partition coefficient (Wildman–Crippen LogP) is 1.91. The van der Waals surface area contributed by atoms with Gasteiger partial charge < -0.3 is 19.4 Å². The van der Waals surface area contributed by atoms with Gasteiger partial charge in [-0.3, -0.25) is 19.1 Å². The van der Waals surface area contributed by atoms with Crippen LogP contribution in [0, 0.1) is 6.92 Å². The highest BCUT2D eigenvalue weighted by Gasteiger charge is 2.62. The maximum Gasteiger partial charge on any atom is 0.331 e. The molecule has 1 saturated heterocycles. The molecule has 1 aromatic heterocycles. The minimum Gasteiger partial charge on any atom is -0.411 e. The molecule has 10 heteroatoms. The number of ketones is 1. The summed E-state index contributed by atoms with van der Waals surface area (Å²) >= 11 is 0. The third-order valence-corrected chi connectivity index (χ3v) is 11.6. The van der Waals surface area contributed by atoms with Crippen LogP contribution in [-0.2, 0) is 14.9 Å². The van der Waals surface area contributed by atoms with E-state index in [1.165, 1.54) is 13.1 Å². The molecule has 186 valence electrons. The Kier molecular flexibility index (Phi) is 6.95. The van der Waals surface area contributed by atoms with E-state index in [0.717, 1.165) is 4.57 Å². The summed E-state index contributed by atoms with van der Waals surface area (Å²) in [5, 5.41) is 20.6. The normalized spacial score (nSPS) is 22.6. The van der Waals surface area contributed by atoms with E-state index in [4.69, 9.17) is 9.16 Å². The highest BCUT2D eigenvalue weighted by atomic mass is 28.4. The number of aromatic nitrogens is 2. The van der Waals surface area contributed by atoms with E-state index in [2.05, 4.69) is 4.98 Å². The zero-order valence-corrected chi connectivity index (χ0v) is 21.5. The smallest absolute Gasteiger partial charge is 0.331 e. The molecular formula is C24H34N2O7Si. The summed E-state index contributed by atoms with van der Waals surface area (Å²) in [5.74, 6) is -0.547. The van der Waals surface area contributed by atoms with E-state index >= 15 is 0 Å². The highest BCUT2D eigenvalue weighted by Crippen LogP contribution is 2.48. The SMILES string of the molecule is Cc1cn([C@@]2(C(=O)c3ccccc3)C[C@H](O[Si](C)(C)C(C)(C)C)C(CO)(CO)O2)c(=O)[nH]c1=O. The van der Waals surface area contributed by atoms with Crippen LogP contribution in [0.2, 0.25) is 18.1 Å². The number of ether oxygens (including phenoxy) is 1. The molecule has 1 aromatic carbocycles. The first-order valence-electron chi connectivity index (χ1n) is 11.3. The van der Waals surface area contributed by atoms with Gasteiger partial charge in [0, 0.05) is 23.7 Å². The maximum absolute atomic E-state index is 14.0. The number of rotatable bonds is 7. The summed E-state index contributed by atoms with van der Waals surface area (Å²) in [6.45, 7) is 10.4. The largest absolute Gasteiger partial charge is 0.411 e. The van der Waals surface area contributed by atoms with Crippen LogP contribution in [0.4, 0.5) is 0 Å². The number of aromatic amines is 1. The molecule has 9 nitrogen and oxygen atoms in total. The number of aliphatic hydroxyl groups is 2. The topological polar surface area (TPSA) is 131 Å². The number of aryl methyl sites for hydroxylation is 1. The average molecular weight is 491 g/mol. The maximum atomic E-state index is 14.0. The highest BCUT2D eigenvalue weighted by molar-refractivity contribution is 6.74. The fourth-order valence-electron chi connectivity index (χ4n) is 3.93. The van der Waals surface area contributed by atoms with Gasteiger partial charge >= 0.3 is 5.69 Å². The lowest BCUT2D eigenvalue weighted by Crippen LogP contribution is -2.55. The van der Waals surface area contributed by atoms with Crippen LogP contribution in [-0.4, -0.2) is 58.8 Å². The molecule has 1 aliphatic heterocycles. The number of aliphatic hydroxyl groups excluding tert-OH is 2. The van der Waals surface area contributed by atoms with Crippen molar-refractivity contribution in [2.75, 3.05) is 13.2 Å². The van der Waals surface area contributed by atoms with Crippen molar-refractivity contribution in [3.63, 3.8) is 0 Å². The second-order valence-corrected chi connectivity index (χ2v) is 15.2. The van der Waals surface area contributed by atoms with Crippen LogP contribution in [0.3, 0.4) is 0 Å². The Labute approximate surface area is 199 Å². The zero-order chi connectivity index (χ0) is 25.5. The Morgan fingerprint density at radius 2 is 1.79 bits per heavy atom. The molecular weight excluding hydrogens is 456 g/mol. The lowest BCUT2D eigenvalue weighted by Gasteiger charge is -2.41. The molecule has 0 spiro atoms. The van der Waals surface area contributed by atoms with Gasteiger partial charge in [0.25, 0.3) is 5.56 Å². The van der Waals surface area contributed by atoms with E-state index in [9.17, 15) is 24.6 Å².